The van der Waals surface area contributed by atoms with E-state index in [2.05, 4.69) is 0 Å². The average Bonchev–Trinajstić information content (AvgIpc) is 2.56. The number of hydrogen-bond acceptors (Lipinski definition) is 4. The van der Waals surface area contributed by atoms with Crippen molar-refractivity contribution in [2.45, 2.75) is 11.3 Å². The minimum absolute atomic E-state index is 0.123. The molecular formula is C16H15NO5S. The maximum absolute atomic E-state index is 12.5. The Bertz CT molecular complexity index is 788. The Kier molecular flexibility index (Phi) is 5.13. The van der Waals surface area contributed by atoms with Crippen molar-refractivity contribution >= 4 is 21.9 Å². The number of sulfonamides is 1. The Morgan fingerprint density at radius 1 is 0.913 bits per heavy atom. The van der Waals surface area contributed by atoms with E-state index in [0.29, 0.717) is 4.31 Å². The minimum atomic E-state index is -4.21. The fourth-order valence-electron chi connectivity index (χ4n) is 2.03. The molecule has 0 heterocycles. The number of carbonyl (C=O) groups excluding carboxylic acids is 1. The van der Waals surface area contributed by atoms with Gasteiger partial charge in [-0.05, 0) is 24.1 Å². The number of carboxylic acids is 1. The molecule has 120 valence electrons. The molecule has 0 unspecified atom stereocenters. The molecule has 0 aliphatic rings. The Hall–Kier alpha value is -2.67. The van der Waals surface area contributed by atoms with Gasteiger partial charge in [-0.15, -0.1) is 0 Å². The fraction of sp³-hybridized carbons (Fsp3) is 0.125. The van der Waals surface area contributed by atoms with E-state index < -0.39 is 21.9 Å². The predicted octanol–water partition coefficient (Wildman–Crippen LogP) is 1.53. The van der Waals surface area contributed by atoms with Gasteiger partial charge in [0.25, 0.3) is 10.0 Å². The molecule has 6 nitrogen and oxygen atoms in total. The molecule has 2 aromatic rings. The summed E-state index contributed by atoms with van der Waals surface area (Å²) in [7, 11) is -4.21. The Morgan fingerprint density at radius 3 is 1.96 bits per heavy atom. The third-order valence-corrected chi connectivity index (χ3v) is 4.98. The molecule has 0 saturated carbocycles. The van der Waals surface area contributed by atoms with Gasteiger partial charge in [0.1, 0.15) is 0 Å². The smallest absolute Gasteiger partial charge is 0.395 e. The second-order valence-electron chi connectivity index (χ2n) is 4.74. The first-order valence-corrected chi connectivity index (χ1v) is 8.26. The number of aliphatic carboxylic acids is 1. The van der Waals surface area contributed by atoms with E-state index in [0.717, 1.165) is 5.56 Å². The van der Waals surface area contributed by atoms with Crippen LogP contribution in [-0.4, -0.2) is 36.3 Å². The second kappa shape index (κ2) is 7.06. The molecule has 1 amide bonds. The average molecular weight is 333 g/mol. The molecule has 0 saturated heterocycles. The van der Waals surface area contributed by atoms with Gasteiger partial charge in [0.2, 0.25) is 0 Å². The van der Waals surface area contributed by atoms with Crippen molar-refractivity contribution in [2.24, 2.45) is 0 Å². The van der Waals surface area contributed by atoms with Crippen molar-refractivity contribution in [3.63, 3.8) is 0 Å². The summed E-state index contributed by atoms with van der Waals surface area (Å²) < 4.78 is 25.5. The van der Waals surface area contributed by atoms with Crippen LogP contribution in [0.4, 0.5) is 0 Å². The van der Waals surface area contributed by atoms with E-state index in [1.54, 1.807) is 30.3 Å². The van der Waals surface area contributed by atoms with Crippen molar-refractivity contribution in [3.8, 4) is 0 Å². The van der Waals surface area contributed by atoms with Crippen LogP contribution in [0.25, 0.3) is 0 Å². The second-order valence-corrected chi connectivity index (χ2v) is 6.60. The summed E-state index contributed by atoms with van der Waals surface area (Å²) in [5.74, 6) is -3.28. The molecule has 1 N–H and O–H groups in total. The van der Waals surface area contributed by atoms with Gasteiger partial charge >= 0.3 is 11.9 Å². The largest absolute Gasteiger partial charge is 0.474 e. The molecule has 0 atom stereocenters. The number of rotatable bonds is 5. The SMILES string of the molecule is O=C(O)C(=O)N(CCc1ccccc1)S(=O)(=O)c1ccccc1. The zero-order chi connectivity index (χ0) is 16.9. The minimum Gasteiger partial charge on any atom is -0.474 e. The van der Waals surface area contributed by atoms with E-state index in [1.807, 2.05) is 6.07 Å². The highest BCUT2D eigenvalue weighted by atomic mass is 32.2. The topological polar surface area (TPSA) is 91.8 Å². The number of carboxylic acid groups (broad SMARTS) is 1. The summed E-state index contributed by atoms with van der Waals surface area (Å²) in [6, 6.07) is 16.2. The lowest BCUT2D eigenvalue weighted by molar-refractivity contribution is -0.153. The summed E-state index contributed by atoms with van der Waals surface area (Å²) in [6.07, 6.45) is 0.228. The lowest BCUT2D eigenvalue weighted by Crippen LogP contribution is -2.42. The number of benzene rings is 2. The van der Waals surface area contributed by atoms with Crippen molar-refractivity contribution in [1.29, 1.82) is 0 Å². The molecule has 0 spiro atoms. The third-order valence-electron chi connectivity index (χ3n) is 3.19. The summed E-state index contributed by atoms with van der Waals surface area (Å²) in [5.41, 5.74) is 0.805. The molecule has 0 aliphatic carbocycles. The third kappa shape index (κ3) is 3.95. The Labute approximate surface area is 134 Å². The van der Waals surface area contributed by atoms with Gasteiger partial charge < -0.3 is 5.11 Å². The first kappa shape index (κ1) is 16.7. The van der Waals surface area contributed by atoms with Crippen LogP contribution >= 0.6 is 0 Å². The zero-order valence-electron chi connectivity index (χ0n) is 12.1. The molecule has 23 heavy (non-hydrogen) atoms. The predicted molar refractivity (Wildman–Crippen MR) is 83.1 cm³/mol. The van der Waals surface area contributed by atoms with Crippen molar-refractivity contribution < 1.29 is 23.1 Å². The van der Waals surface area contributed by atoms with Crippen LogP contribution in [0.2, 0.25) is 0 Å². The lowest BCUT2D eigenvalue weighted by atomic mass is 10.1. The normalized spacial score (nSPS) is 11.0. The van der Waals surface area contributed by atoms with Crippen LogP contribution in [-0.2, 0) is 26.0 Å². The number of hydrogen-bond donors (Lipinski definition) is 1. The van der Waals surface area contributed by atoms with Gasteiger partial charge in [0.05, 0.1) is 4.90 Å². The molecule has 0 aromatic heterocycles. The summed E-state index contributed by atoms with van der Waals surface area (Å²) in [4.78, 5) is 22.7. The highest BCUT2D eigenvalue weighted by molar-refractivity contribution is 7.89. The molecular weight excluding hydrogens is 318 g/mol. The van der Waals surface area contributed by atoms with Gasteiger partial charge in [-0.25, -0.2) is 17.5 Å². The molecule has 2 aromatic carbocycles. The van der Waals surface area contributed by atoms with E-state index >= 15 is 0 Å². The van der Waals surface area contributed by atoms with Crippen LogP contribution in [0.3, 0.4) is 0 Å². The van der Waals surface area contributed by atoms with Gasteiger partial charge in [0, 0.05) is 6.54 Å². The Morgan fingerprint density at radius 2 is 1.43 bits per heavy atom. The van der Waals surface area contributed by atoms with E-state index in [9.17, 15) is 18.0 Å². The highest BCUT2D eigenvalue weighted by Gasteiger charge is 2.32. The fourth-order valence-corrected chi connectivity index (χ4v) is 3.42. The van der Waals surface area contributed by atoms with E-state index in [1.165, 1.54) is 24.3 Å². The quantitative estimate of drug-likeness (QED) is 0.838. The Balaban J connectivity index is 2.31. The molecule has 0 fully saturated rings. The summed E-state index contributed by atoms with van der Waals surface area (Å²) in [5, 5.41) is 8.90. The van der Waals surface area contributed by atoms with Crippen molar-refractivity contribution in [3.05, 3.63) is 66.2 Å². The number of nitrogens with zero attached hydrogens (tertiary/aromatic N) is 1. The van der Waals surface area contributed by atoms with Crippen LogP contribution in [0.5, 0.6) is 0 Å². The van der Waals surface area contributed by atoms with Gasteiger partial charge in [-0.1, -0.05) is 48.5 Å². The summed E-state index contributed by atoms with van der Waals surface area (Å²) in [6.45, 7) is -0.244. The van der Waals surface area contributed by atoms with Crippen molar-refractivity contribution in [2.75, 3.05) is 6.54 Å². The first-order chi connectivity index (χ1) is 10.9. The number of amides is 1. The van der Waals surface area contributed by atoms with Crippen LogP contribution in [0.15, 0.2) is 65.6 Å². The van der Waals surface area contributed by atoms with Crippen LogP contribution < -0.4 is 0 Å². The summed E-state index contributed by atoms with van der Waals surface area (Å²) >= 11 is 0. The molecule has 2 rings (SSSR count). The van der Waals surface area contributed by atoms with E-state index in [-0.39, 0.29) is 17.9 Å². The maximum Gasteiger partial charge on any atom is 0.395 e. The number of carbonyl (C=O) groups is 2. The van der Waals surface area contributed by atoms with Gasteiger partial charge in [-0.3, -0.25) is 4.79 Å². The maximum atomic E-state index is 12.5. The molecule has 7 heteroatoms. The lowest BCUT2D eigenvalue weighted by Gasteiger charge is -2.20. The van der Waals surface area contributed by atoms with Gasteiger partial charge in [0.15, 0.2) is 0 Å². The monoisotopic (exact) mass is 333 g/mol. The van der Waals surface area contributed by atoms with Crippen LogP contribution in [0.1, 0.15) is 5.56 Å². The highest BCUT2D eigenvalue weighted by Crippen LogP contribution is 2.16. The standard InChI is InChI=1S/C16H15NO5S/c18-15(16(19)20)17(12-11-13-7-3-1-4-8-13)23(21,22)14-9-5-2-6-10-14/h1-10H,11-12H2,(H,19,20). The first-order valence-electron chi connectivity index (χ1n) is 6.82. The molecule has 0 aliphatic heterocycles. The van der Waals surface area contributed by atoms with Gasteiger partial charge in [-0.2, -0.15) is 0 Å². The molecule has 0 bridgehead atoms. The van der Waals surface area contributed by atoms with E-state index in [4.69, 9.17) is 5.11 Å². The van der Waals surface area contributed by atoms with Crippen molar-refractivity contribution in [1.82, 2.24) is 4.31 Å². The van der Waals surface area contributed by atoms with Crippen LogP contribution in [0, 0.1) is 0 Å². The molecule has 0 radical (unpaired) electrons. The zero-order valence-corrected chi connectivity index (χ0v) is 12.9.